The van der Waals surface area contributed by atoms with Crippen molar-refractivity contribution < 1.29 is 0 Å². The molecule has 1 fully saturated rings. The average molecular weight is 244 g/mol. The number of rotatable bonds is 6. The third-order valence-electron chi connectivity index (χ3n) is 3.71. The molecule has 0 aromatic carbocycles. The van der Waals surface area contributed by atoms with Crippen LogP contribution in [0.1, 0.15) is 40.0 Å². The first-order valence-corrected chi connectivity index (χ1v) is 7.88. The van der Waals surface area contributed by atoms with Gasteiger partial charge < -0.3 is 5.73 Å². The fraction of sp³-hybridized carbons (Fsp3) is 1.00. The van der Waals surface area contributed by atoms with Crippen molar-refractivity contribution in [3.05, 3.63) is 0 Å². The van der Waals surface area contributed by atoms with Crippen LogP contribution in [0.3, 0.4) is 0 Å². The molecule has 1 rings (SSSR count). The standard InChI is InChI=1S/C13H28N2S/c1-4-16-8-7-13(9-14)15-10-11(2)5-6-12(15)3/h11-13H,4-10,14H2,1-3H3. The van der Waals surface area contributed by atoms with Gasteiger partial charge in [0.25, 0.3) is 0 Å². The predicted octanol–water partition coefficient (Wildman–Crippen LogP) is 2.58. The molecule has 1 heterocycles. The van der Waals surface area contributed by atoms with Gasteiger partial charge in [0, 0.05) is 25.2 Å². The third kappa shape index (κ3) is 4.27. The quantitative estimate of drug-likeness (QED) is 0.728. The zero-order valence-corrected chi connectivity index (χ0v) is 11.9. The molecule has 0 saturated carbocycles. The van der Waals surface area contributed by atoms with Crippen LogP contribution in [0, 0.1) is 5.92 Å². The van der Waals surface area contributed by atoms with E-state index < -0.39 is 0 Å². The Bertz CT molecular complexity index is 187. The number of piperidine rings is 1. The van der Waals surface area contributed by atoms with Crippen molar-refractivity contribution in [3.8, 4) is 0 Å². The Morgan fingerprint density at radius 3 is 2.75 bits per heavy atom. The first-order valence-electron chi connectivity index (χ1n) is 6.72. The minimum absolute atomic E-state index is 0.608. The topological polar surface area (TPSA) is 29.3 Å². The lowest BCUT2D eigenvalue weighted by atomic mass is 9.93. The second-order valence-corrected chi connectivity index (χ2v) is 6.50. The van der Waals surface area contributed by atoms with Crippen LogP contribution >= 0.6 is 11.8 Å². The zero-order valence-electron chi connectivity index (χ0n) is 11.1. The van der Waals surface area contributed by atoms with E-state index in [4.69, 9.17) is 5.73 Å². The zero-order chi connectivity index (χ0) is 12.0. The second-order valence-electron chi connectivity index (χ2n) is 5.10. The van der Waals surface area contributed by atoms with Crippen LogP contribution in [0.4, 0.5) is 0 Å². The van der Waals surface area contributed by atoms with Crippen LogP contribution in [0.5, 0.6) is 0 Å². The van der Waals surface area contributed by atoms with Gasteiger partial charge in [-0.15, -0.1) is 0 Å². The Balaban J connectivity index is 2.42. The molecule has 3 heteroatoms. The van der Waals surface area contributed by atoms with Gasteiger partial charge in [-0.1, -0.05) is 13.8 Å². The lowest BCUT2D eigenvalue weighted by Gasteiger charge is -2.41. The maximum absolute atomic E-state index is 5.94. The average Bonchev–Trinajstić information content (AvgIpc) is 2.28. The minimum Gasteiger partial charge on any atom is -0.329 e. The molecular weight excluding hydrogens is 216 g/mol. The number of nitrogens with two attached hydrogens (primary N) is 1. The number of hydrogen-bond donors (Lipinski definition) is 1. The number of thioether (sulfide) groups is 1. The predicted molar refractivity (Wildman–Crippen MR) is 75.0 cm³/mol. The van der Waals surface area contributed by atoms with Gasteiger partial charge in [-0.05, 0) is 43.6 Å². The van der Waals surface area contributed by atoms with Crippen molar-refractivity contribution in [2.75, 3.05) is 24.6 Å². The number of hydrogen-bond acceptors (Lipinski definition) is 3. The van der Waals surface area contributed by atoms with E-state index in [1.807, 2.05) is 11.8 Å². The molecule has 0 aliphatic carbocycles. The lowest BCUT2D eigenvalue weighted by molar-refractivity contribution is 0.0787. The molecule has 96 valence electrons. The third-order valence-corrected chi connectivity index (χ3v) is 4.64. The smallest absolute Gasteiger partial charge is 0.0229 e. The Labute approximate surface area is 105 Å². The largest absolute Gasteiger partial charge is 0.329 e. The highest BCUT2D eigenvalue weighted by Crippen LogP contribution is 2.24. The fourth-order valence-electron chi connectivity index (χ4n) is 2.61. The fourth-order valence-corrected chi connectivity index (χ4v) is 3.34. The summed E-state index contributed by atoms with van der Waals surface area (Å²) in [4.78, 5) is 2.66. The van der Waals surface area contributed by atoms with Crippen LogP contribution in [-0.4, -0.2) is 41.6 Å². The van der Waals surface area contributed by atoms with Gasteiger partial charge in [-0.3, -0.25) is 4.90 Å². The first kappa shape index (κ1) is 14.3. The van der Waals surface area contributed by atoms with E-state index in [0.29, 0.717) is 6.04 Å². The van der Waals surface area contributed by atoms with Crippen molar-refractivity contribution in [1.29, 1.82) is 0 Å². The van der Waals surface area contributed by atoms with Gasteiger partial charge in [-0.2, -0.15) is 11.8 Å². The molecule has 0 spiro atoms. The van der Waals surface area contributed by atoms with Crippen LogP contribution in [0.15, 0.2) is 0 Å². The molecule has 3 atom stereocenters. The Kier molecular flexibility index (Phi) is 6.78. The van der Waals surface area contributed by atoms with Gasteiger partial charge in [0.1, 0.15) is 0 Å². The molecule has 2 N–H and O–H groups in total. The number of nitrogens with zero attached hydrogens (tertiary/aromatic N) is 1. The van der Waals surface area contributed by atoms with Gasteiger partial charge in [-0.25, -0.2) is 0 Å². The maximum atomic E-state index is 5.94. The van der Waals surface area contributed by atoms with Gasteiger partial charge in [0.15, 0.2) is 0 Å². The molecular formula is C13H28N2S. The van der Waals surface area contributed by atoms with Crippen molar-refractivity contribution in [2.45, 2.75) is 52.1 Å². The van der Waals surface area contributed by atoms with Crippen molar-refractivity contribution in [2.24, 2.45) is 11.7 Å². The highest BCUT2D eigenvalue weighted by Gasteiger charge is 2.27. The van der Waals surface area contributed by atoms with E-state index in [-0.39, 0.29) is 0 Å². The second kappa shape index (κ2) is 7.57. The summed E-state index contributed by atoms with van der Waals surface area (Å²) in [6, 6.07) is 1.34. The summed E-state index contributed by atoms with van der Waals surface area (Å²) in [5, 5.41) is 0. The molecule has 0 bridgehead atoms. The van der Waals surface area contributed by atoms with Gasteiger partial charge in [0.05, 0.1) is 0 Å². The Hall–Kier alpha value is 0.270. The summed E-state index contributed by atoms with van der Waals surface area (Å²) >= 11 is 2.04. The van der Waals surface area contributed by atoms with Gasteiger partial charge >= 0.3 is 0 Å². The summed E-state index contributed by atoms with van der Waals surface area (Å²) in [5.41, 5.74) is 5.94. The summed E-state index contributed by atoms with van der Waals surface area (Å²) in [6.07, 6.45) is 3.99. The molecule has 0 aromatic heterocycles. The summed E-state index contributed by atoms with van der Waals surface area (Å²) in [5.74, 6) is 3.34. The van der Waals surface area contributed by atoms with Gasteiger partial charge in [0.2, 0.25) is 0 Å². The molecule has 0 amide bonds. The molecule has 3 unspecified atom stereocenters. The van der Waals surface area contributed by atoms with Crippen molar-refractivity contribution >= 4 is 11.8 Å². The molecule has 0 radical (unpaired) electrons. The summed E-state index contributed by atoms with van der Waals surface area (Å²) < 4.78 is 0. The lowest BCUT2D eigenvalue weighted by Crippen LogP contribution is -2.50. The van der Waals surface area contributed by atoms with E-state index in [9.17, 15) is 0 Å². The summed E-state index contributed by atoms with van der Waals surface area (Å²) in [7, 11) is 0. The van der Waals surface area contributed by atoms with E-state index in [2.05, 4.69) is 25.7 Å². The highest BCUT2D eigenvalue weighted by atomic mass is 32.2. The molecule has 1 aliphatic rings. The van der Waals surface area contributed by atoms with Crippen LogP contribution in [0.25, 0.3) is 0 Å². The first-order chi connectivity index (χ1) is 7.69. The van der Waals surface area contributed by atoms with Crippen LogP contribution in [-0.2, 0) is 0 Å². The SMILES string of the molecule is CCSCCC(CN)N1CC(C)CCC1C. The minimum atomic E-state index is 0.608. The molecule has 1 saturated heterocycles. The van der Waals surface area contributed by atoms with E-state index in [1.165, 1.54) is 37.3 Å². The van der Waals surface area contributed by atoms with Crippen LogP contribution in [0.2, 0.25) is 0 Å². The normalized spacial score (nSPS) is 29.2. The molecule has 16 heavy (non-hydrogen) atoms. The molecule has 0 aromatic rings. The Morgan fingerprint density at radius 1 is 1.38 bits per heavy atom. The monoisotopic (exact) mass is 244 g/mol. The Morgan fingerprint density at radius 2 is 2.12 bits per heavy atom. The number of likely N-dealkylation sites (tertiary alicyclic amines) is 1. The van der Waals surface area contributed by atoms with Crippen molar-refractivity contribution in [3.63, 3.8) is 0 Å². The molecule has 2 nitrogen and oxygen atoms in total. The van der Waals surface area contributed by atoms with E-state index >= 15 is 0 Å². The highest BCUT2D eigenvalue weighted by molar-refractivity contribution is 7.99. The summed E-state index contributed by atoms with van der Waals surface area (Å²) in [6.45, 7) is 9.03. The van der Waals surface area contributed by atoms with Crippen LogP contribution < -0.4 is 5.73 Å². The van der Waals surface area contributed by atoms with E-state index in [0.717, 1.165) is 18.5 Å². The van der Waals surface area contributed by atoms with Crippen molar-refractivity contribution in [1.82, 2.24) is 4.90 Å². The van der Waals surface area contributed by atoms with E-state index in [1.54, 1.807) is 0 Å². The molecule has 1 aliphatic heterocycles. The maximum Gasteiger partial charge on any atom is 0.0229 e.